The summed E-state index contributed by atoms with van der Waals surface area (Å²) in [7, 11) is 0. The molecule has 1 amide bonds. The van der Waals surface area contributed by atoms with Crippen LogP contribution in [0.25, 0.3) is 11.0 Å². The number of imidazole rings is 1. The van der Waals surface area contributed by atoms with Gasteiger partial charge >= 0.3 is 0 Å². The standard InChI is InChI=1S/C21H23N3O3/c1-3-20-22-16-7-5-6-8-17(16)24(20)13-21(25)23(4-2)12-15-9-10-18-19(11-15)27-14-26-18/h5-11H,3-4,12-14H2,1-2H3. The first kappa shape index (κ1) is 17.4. The average molecular weight is 365 g/mol. The summed E-state index contributed by atoms with van der Waals surface area (Å²) < 4.78 is 12.8. The third-order valence-electron chi connectivity index (χ3n) is 4.89. The first-order valence-corrected chi connectivity index (χ1v) is 9.30. The molecule has 0 bridgehead atoms. The SMILES string of the molecule is CCc1nc2ccccc2n1CC(=O)N(CC)Cc1ccc2c(c1)OCO2. The van der Waals surface area contributed by atoms with E-state index in [1.165, 1.54) is 0 Å². The molecule has 0 radical (unpaired) electrons. The van der Waals surface area contributed by atoms with Gasteiger partial charge in [0, 0.05) is 19.5 Å². The minimum atomic E-state index is 0.0769. The molecule has 0 fully saturated rings. The zero-order valence-corrected chi connectivity index (χ0v) is 15.6. The number of hydrogen-bond donors (Lipinski definition) is 0. The third kappa shape index (κ3) is 3.35. The van der Waals surface area contributed by atoms with Crippen molar-refractivity contribution < 1.29 is 14.3 Å². The monoisotopic (exact) mass is 365 g/mol. The Morgan fingerprint density at radius 2 is 1.96 bits per heavy atom. The van der Waals surface area contributed by atoms with Crippen LogP contribution < -0.4 is 9.47 Å². The molecule has 2 aromatic carbocycles. The molecule has 2 heterocycles. The zero-order chi connectivity index (χ0) is 18.8. The van der Waals surface area contributed by atoms with Crippen LogP contribution in [0.5, 0.6) is 11.5 Å². The summed E-state index contributed by atoms with van der Waals surface area (Å²) in [5.74, 6) is 2.51. The van der Waals surface area contributed by atoms with Crippen LogP contribution in [0, 0.1) is 0 Å². The Morgan fingerprint density at radius 1 is 1.15 bits per heavy atom. The molecule has 3 aromatic rings. The van der Waals surface area contributed by atoms with E-state index in [-0.39, 0.29) is 12.7 Å². The number of para-hydroxylation sites is 2. The highest BCUT2D eigenvalue weighted by atomic mass is 16.7. The molecule has 4 rings (SSSR count). The van der Waals surface area contributed by atoms with Crippen molar-refractivity contribution in [1.29, 1.82) is 0 Å². The second kappa shape index (κ2) is 7.31. The van der Waals surface area contributed by atoms with Crippen molar-refractivity contribution in [2.24, 2.45) is 0 Å². The molecule has 0 spiro atoms. The predicted molar refractivity (Wildman–Crippen MR) is 103 cm³/mol. The molecule has 0 saturated carbocycles. The number of nitrogens with zero attached hydrogens (tertiary/aromatic N) is 3. The molecule has 1 aliphatic rings. The van der Waals surface area contributed by atoms with Crippen molar-refractivity contribution in [2.45, 2.75) is 33.4 Å². The summed E-state index contributed by atoms with van der Waals surface area (Å²) in [6.45, 7) is 5.79. The van der Waals surface area contributed by atoms with Gasteiger partial charge in [0.05, 0.1) is 11.0 Å². The van der Waals surface area contributed by atoms with Crippen LogP contribution in [0.15, 0.2) is 42.5 Å². The van der Waals surface area contributed by atoms with E-state index in [9.17, 15) is 4.79 Å². The molecule has 0 atom stereocenters. The van der Waals surface area contributed by atoms with E-state index in [2.05, 4.69) is 11.9 Å². The lowest BCUT2D eigenvalue weighted by Gasteiger charge is -2.22. The van der Waals surface area contributed by atoms with Crippen LogP contribution in [0.1, 0.15) is 25.2 Å². The van der Waals surface area contributed by atoms with Crippen molar-refractivity contribution in [1.82, 2.24) is 14.5 Å². The van der Waals surface area contributed by atoms with Crippen LogP contribution in [0.2, 0.25) is 0 Å². The van der Waals surface area contributed by atoms with Gasteiger partial charge in [0.1, 0.15) is 12.4 Å². The van der Waals surface area contributed by atoms with Gasteiger partial charge < -0.3 is 18.9 Å². The van der Waals surface area contributed by atoms with E-state index in [0.29, 0.717) is 19.6 Å². The molecule has 1 aromatic heterocycles. The molecule has 1 aliphatic heterocycles. The van der Waals surface area contributed by atoms with Gasteiger partial charge in [-0.15, -0.1) is 0 Å². The van der Waals surface area contributed by atoms with E-state index in [0.717, 1.165) is 40.3 Å². The highest BCUT2D eigenvalue weighted by molar-refractivity contribution is 5.81. The quantitative estimate of drug-likeness (QED) is 0.672. The van der Waals surface area contributed by atoms with E-state index in [4.69, 9.17) is 9.47 Å². The summed E-state index contributed by atoms with van der Waals surface area (Å²) in [6.07, 6.45) is 0.788. The highest BCUT2D eigenvalue weighted by Gasteiger charge is 2.19. The van der Waals surface area contributed by atoms with Crippen molar-refractivity contribution >= 4 is 16.9 Å². The third-order valence-corrected chi connectivity index (χ3v) is 4.89. The Kier molecular flexibility index (Phi) is 4.71. The Balaban J connectivity index is 1.54. The van der Waals surface area contributed by atoms with Crippen LogP contribution in [-0.4, -0.2) is 33.7 Å². The van der Waals surface area contributed by atoms with E-state index < -0.39 is 0 Å². The number of amides is 1. The lowest BCUT2D eigenvalue weighted by molar-refractivity contribution is -0.132. The summed E-state index contributed by atoms with van der Waals surface area (Å²) >= 11 is 0. The molecular weight excluding hydrogens is 342 g/mol. The maximum absolute atomic E-state index is 13.0. The largest absolute Gasteiger partial charge is 0.454 e. The van der Waals surface area contributed by atoms with Gasteiger partial charge in [0.25, 0.3) is 0 Å². The fourth-order valence-corrected chi connectivity index (χ4v) is 3.44. The predicted octanol–water partition coefficient (Wildman–Crippen LogP) is 3.38. The molecular formula is C21H23N3O3. The van der Waals surface area contributed by atoms with Crippen molar-refractivity contribution in [2.75, 3.05) is 13.3 Å². The molecule has 0 unspecified atom stereocenters. The summed E-state index contributed by atoms with van der Waals surface area (Å²) in [6, 6.07) is 13.8. The maximum atomic E-state index is 13.0. The van der Waals surface area contributed by atoms with E-state index in [1.54, 1.807) is 0 Å². The second-order valence-electron chi connectivity index (χ2n) is 6.55. The van der Waals surface area contributed by atoms with Gasteiger partial charge in [0.2, 0.25) is 12.7 Å². The van der Waals surface area contributed by atoms with Crippen LogP contribution in [-0.2, 0) is 24.3 Å². The first-order chi connectivity index (χ1) is 13.2. The smallest absolute Gasteiger partial charge is 0.242 e. The first-order valence-electron chi connectivity index (χ1n) is 9.30. The molecule has 27 heavy (non-hydrogen) atoms. The minimum Gasteiger partial charge on any atom is -0.454 e. The number of aryl methyl sites for hydroxylation is 1. The number of benzene rings is 2. The van der Waals surface area contributed by atoms with Crippen molar-refractivity contribution in [3.05, 3.63) is 53.9 Å². The zero-order valence-electron chi connectivity index (χ0n) is 15.6. The Hall–Kier alpha value is -3.02. The van der Waals surface area contributed by atoms with Gasteiger partial charge in [-0.2, -0.15) is 0 Å². The van der Waals surface area contributed by atoms with Crippen molar-refractivity contribution in [3.8, 4) is 11.5 Å². The minimum absolute atomic E-state index is 0.0769. The van der Waals surface area contributed by atoms with E-state index in [1.807, 2.05) is 58.9 Å². The lowest BCUT2D eigenvalue weighted by atomic mass is 10.2. The number of likely N-dealkylation sites (N-methyl/N-ethyl adjacent to an activating group) is 1. The topological polar surface area (TPSA) is 56.6 Å². The average Bonchev–Trinajstić information content (AvgIpc) is 3.30. The number of aromatic nitrogens is 2. The fourth-order valence-electron chi connectivity index (χ4n) is 3.44. The van der Waals surface area contributed by atoms with Gasteiger partial charge in [-0.25, -0.2) is 4.98 Å². The van der Waals surface area contributed by atoms with E-state index >= 15 is 0 Å². The Morgan fingerprint density at radius 3 is 2.78 bits per heavy atom. The van der Waals surface area contributed by atoms with Gasteiger partial charge in [0.15, 0.2) is 11.5 Å². The number of ether oxygens (including phenoxy) is 2. The molecule has 140 valence electrons. The molecule has 0 N–H and O–H groups in total. The number of rotatable bonds is 6. The van der Waals surface area contributed by atoms with Gasteiger partial charge in [-0.05, 0) is 36.8 Å². The normalized spacial score (nSPS) is 12.5. The Bertz CT molecular complexity index is 980. The summed E-state index contributed by atoms with van der Waals surface area (Å²) in [5, 5.41) is 0. The number of carbonyl (C=O) groups is 1. The molecule has 6 heteroatoms. The molecule has 0 aliphatic carbocycles. The Labute approximate surface area is 158 Å². The van der Waals surface area contributed by atoms with Gasteiger partial charge in [-0.1, -0.05) is 25.1 Å². The molecule has 0 saturated heterocycles. The number of fused-ring (bicyclic) bond motifs is 2. The van der Waals surface area contributed by atoms with Crippen LogP contribution >= 0.6 is 0 Å². The van der Waals surface area contributed by atoms with Crippen LogP contribution in [0.3, 0.4) is 0 Å². The summed E-state index contributed by atoms with van der Waals surface area (Å²) in [5.41, 5.74) is 2.96. The second-order valence-corrected chi connectivity index (χ2v) is 6.55. The maximum Gasteiger partial charge on any atom is 0.242 e. The van der Waals surface area contributed by atoms with Crippen LogP contribution in [0.4, 0.5) is 0 Å². The highest BCUT2D eigenvalue weighted by Crippen LogP contribution is 2.32. The fraction of sp³-hybridized carbons (Fsp3) is 0.333. The van der Waals surface area contributed by atoms with Crippen molar-refractivity contribution in [3.63, 3.8) is 0 Å². The number of carbonyl (C=O) groups excluding carboxylic acids is 1. The molecule has 6 nitrogen and oxygen atoms in total. The van der Waals surface area contributed by atoms with Gasteiger partial charge in [-0.3, -0.25) is 4.79 Å². The number of hydrogen-bond acceptors (Lipinski definition) is 4. The lowest BCUT2D eigenvalue weighted by Crippen LogP contribution is -2.33. The summed E-state index contributed by atoms with van der Waals surface area (Å²) in [4.78, 5) is 19.5.